The van der Waals surface area contributed by atoms with E-state index >= 15 is 0 Å². The Morgan fingerprint density at radius 3 is 2.89 bits per heavy atom. The van der Waals surface area contributed by atoms with Crippen molar-refractivity contribution in [2.45, 2.75) is 6.42 Å². The van der Waals surface area contributed by atoms with Crippen LogP contribution in [0.1, 0.15) is 16.3 Å². The van der Waals surface area contributed by atoms with E-state index in [0.717, 1.165) is 5.82 Å². The molecule has 0 saturated heterocycles. The smallest absolute Gasteiger partial charge is 0.269 e. The van der Waals surface area contributed by atoms with E-state index in [9.17, 15) is 4.79 Å². The van der Waals surface area contributed by atoms with Crippen molar-refractivity contribution in [2.75, 3.05) is 12.0 Å². The number of amides is 1. The lowest BCUT2D eigenvalue weighted by Crippen LogP contribution is -2.26. The number of imidazole rings is 1. The van der Waals surface area contributed by atoms with Gasteiger partial charge in [0.05, 0.1) is 11.9 Å². The van der Waals surface area contributed by atoms with Crippen LogP contribution < -0.4 is 16.6 Å². The second-order valence-corrected chi connectivity index (χ2v) is 3.62. The molecule has 2 aromatic heterocycles. The van der Waals surface area contributed by atoms with Crippen LogP contribution in [0.5, 0.6) is 0 Å². The number of nitrogens with one attached hydrogen (secondary N) is 3. The quantitative estimate of drug-likeness (QED) is 0.441. The van der Waals surface area contributed by atoms with E-state index in [-0.39, 0.29) is 5.91 Å². The number of hydrogen-bond acceptors (Lipinski definition) is 5. The van der Waals surface area contributed by atoms with Gasteiger partial charge in [-0.1, -0.05) is 0 Å². The lowest BCUT2D eigenvalue weighted by molar-refractivity contribution is 0.0949. The summed E-state index contributed by atoms with van der Waals surface area (Å²) in [7, 11) is 0. The van der Waals surface area contributed by atoms with E-state index in [1.807, 2.05) is 0 Å². The van der Waals surface area contributed by atoms with E-state index in [2.05, 4.69) is 25.7 Å². The molecular formula is C11H14N6O. The Hall–Kier alpha value is -2.41. The summed E-state index contributed by atoms with van der Waals surface area (Å²) < 4.78 is 0. The minimum atomic E-state index is -0.217. The number of rotatable bonds is 5. The fraction of sp³-hybridized carbons (Fsp3) is 0.182. The molecule has 1 amide bonds. The average Bonchev–Trinajstić information content (AvgIpc) is 2.92. The topological polar surface area (TPSA) is 109 Å². The first-order chi connectivity index (χ1) is 8.79. The maximum Gasteiger partial charge on any atom is 0.269 e. The SMILES string of the molecule is NNc1ccc(C(=O)NCCc2ncc[nH]2)nc1. The van der Waals surface area contributed by atoms with Gasteiger partial charge in [0.15, 0.2) is 0 Å². The minimum Gasteiger partial charge on any atom is -0.350 e. The molecule has 7 nitrogen and oxygen atoms in total. The highest BCUT2D eigenvalue weighted by atomic mass is 16.1. The minimum absolute atomic E-state index is 0.217. The third kappa shape index (κ3) is 3.05. The fourth-order valence-corrected chi connectivity index (χ4v) is 1.43. The number of hydrogen-bond donors (Lipinski definition) is 4. The zero-order chi connectivity index (χ0) is 12.8. The molecule has 18 heavy (non-hydrogen) atoms. The molecule has 0 aliphatic rings. The van der Waals surface area contributed by atoms with Crippen LogP contribution >= 0.6 is 0 Å². The van der Waals surface area contributed by atoms with E-state index in [1.54, 1.807) is 24.5 Å². The van der Waals surface area contributed by atoms with Gasteiger partial charge in [0.1, 0.15) is 11.5 Å². The molecule has 0 saturated carbocycles. The molecule has 5 N–H and O–H groups in total. The predicted octanol–water partition coefficient (Wildman–Crippen LogP) is 0.0628. The zero-order valence-corrected chi connectivity index (χ0v) is 9.68. The summed E-state index contributed by atoms with van der Waals surface area (Å²) in [4.78, 5) is 22.7. The summed E-state index contributed by atoms with van der Waals surface area (Å²) in [5, 5.41) is 2.76. The molecule has 2 heterocycles. The molecule has 94 valence electrons. The molecule has 2 rings (SSSR count). The third-order valence-electron chi connectivity index (χ3n) is 2.37. The van der Waals surface area contributed by atoms with Crippen LogP contribution in [0.15, 0.2) is 30.7 Å². The number of nitrogens with two attached hydrogens (primary N) is 1. The summed E-state index contributed by atoms with van der Waals surface area (Å²) in [5.74, 6) is 5.83. The number of aromatic nitrogens is 3. The molecule has 0 aliphatic heterocycles. The fourth-order valence-electron chi connectivity index (χ4n) is 1.43. The van der Waals surface area contributed by atoms with E-state index < -0.39 is 0 Å². The number of nitrogen functional groups attached to an aromatic ring is 1. The second kappa shape index (κ2) is 5.78. The normalized spacial score (nSPS) is 10.1. The molecule has 7 heteroatoms. The van der Waals surface area contributed by atoms with Gasteiger partial charge in [-0.05, 0) is 12.1 Å². The standard InChI is InChI=1S/C11H14N6O/c12-17-8-1-2-9(16-7-8)11(18)15-4-3-10-13-5-6-14-10/h1-2,5-7,17H,3-4,12H2,(H,13,14)(H,15,18). The van der Waals surface area contributed by atoms with Crippen LogP contribution in [0.2, 0.25) is 0 Å². The number of nitrogens with zero attached hydrogens (tertiary/aromatic N) is 2. The number of pyridine rings is 1. The Balaban J connectivity index is 1.83. The molecule has 0 atom stereocenters. The van der Waals surface area contributed by atoms with Gasteiger partial charge in [-0.2, -0.15) is 0 Å². The summed E-state index contributed by atoms with van der Waals surface area (Å²) in [6.45, 7) is 0.505. The largest absolute Gasteiger partial charge is 0.350 e. The molecule has 0 spiro atoms. The van der Waals surface area contributed by atoms with Crippen LogP contribution in [0.3, 0.4) is 0 Å². The predicted molar refractivity (Wildman–Crippen MR) is 66.7 cm³/mol. The van der Waals surface area contributed by atoms with Crippen molar-refractivity contribution in [3.63, 3.8) is 0 Å². The Bertz CT molecular complexity index is 493. The van der Waals surface area contributed by atoms with E-state index in [0.29, 0.717) is 24.3 Å². The second-order valence-electron chi connectivity index (χ2n) is 3.62. The van der Waals surface area contributed by atoms with Crippen molar-refractivity contribution in [3.05, 3.63) is 42.2 Å². The van der Waals surface area contributed by atoms with Crippen molar-refractivity contribution in [3.8, 4) is 0 Å². The monoisotopic (exact) mass is 246 g/mol. The molecule has 0 fully saturated rings. The maximum atomic E-state index is 11.7. The number of hydrazine groups is 1. The van der Waals surface area contributed by atoms with Crippen LogP contribution in [0, 0.1) is 0 Å². The Morgan fingerprint density at radius 2 is 2.28 bits per heavy atom. The zero-order valence-electron chi connectivity index (χ0n) is 9.68. The first-order valence-corrected chi connectivity index (χ1v) is 5.48. The van der Waals surface area contributed by atoms with Gasteiger partial charge in [0.25, 0.3) is 5.91 Å². The summed E-state index contributed by atoms with van der Waals surface area (Å²) in [6.07, 6.45) is 5.58. The lowest BCUT2D eigenvalue weighted by atomic mass is 10.3. The van der Waals surface area contributed by atoms with Gasteiger partial charge in [-0.15, -0.1) is 0 Å². The molecule has 2 aromatic rings. The number of carbonyl (C=O) groups is 1. The molecule has 0 radical (unpaired) electrons. The van der Waals surface area contributed by atoms with E-state index in [4.69, 9.17) is 5.84 Å². The van der Waals surface area contributed by atoms with Gasteiger partial charge >= 0.3 is 0 Å². The van der Waals surface area contributed by atoms with Crippen LogP contribution in [0.4, 0.5) is 5.69 Å². The molecule has 0 aromatic carbocycles. The van der Waals surface area contributed by atoms with Crippen LogP contribution in [-0.4, -0.2) is 27.4 Å². The Morgan fingerprint density at radius 1 is 1.39 bits per heavy atom. The van der Waals surface area contributed by atoms with Gasteiger partial charge < -0.3 is 15.7 Å². The van der Waals surface area contributed by atoms with Crippen molar-refractivity contribution in [2.24, 2.45) is 5.84 Å². The highest BCUT2D eigenvalue weighted by Crippen LogP contribution is 2.03. The maximum absolute atomic E-state index is 11.7. The number of aromatic amines is 1. The van der Waals surface area contributed by atoms with Crippen LogP contribution in [-0.2, 0) is 6.42 Å². The number of anilines is 1. The van der Waals surface area contributed by atoms with Crippen LogP contribution in [0.25, 0.3) is 0 Å². The average molecular weight is 246 g/mol. The number of H-pyrrole nitrogens is 1. The summed E-state index contributed by atoms with van der Waals surface area (Å²) in [6, 6.07) is 3.30. The lowest BCUT2D eigenvalue weighted by Gasteiger charge is -2.04. The molecular weight excluding hydrogens is 232 g/mol. The highest BCUT2D eigenvalue weighted by Gasteiger charge is 2.06. The molecule has 0 unspecified atom stereocenters. The van der Waals surface area contributed by atoms with Gasteiger partial charge in [0, 0.05) is 25.4 Å². The summed E-state index contributed by atoms with van der Waals surface area (Å²) in [5.41, 5.74) is 3.46. The van der Waals surface area contributed by atoms with E-state index in [1.165, 1.54) is 6.20 Å². The van der Waals surface area contributed by atoms with Gasteiger partial charge in [0.2, 0.25) is 0 Å². The third-order valence-corrected chi connectivity index (χ3v) is 2.37. The Labute approximate surface area is 104 Å². The molecule has 0 bridgehead atoms. The number of carbonyl (C=O) groups excluding carboxylic acids is 1. The molecule has 0 aliphatic carbocycles. The van der Waals surface area contributed by atoms with Gasteiger partial charge in [-0.3, -0.25) is 10.6 Å². The van der Waals surface area contributed by atoms with Crippen molar-refractivity contribution < 1.29 is 4.79 Å². The van der Waals surface area contributed by atoms with Crippen molar-refractivity contribution in [1.29, 1.82) is 0 Å². The van der Waals surface area contributed by atoms with Gasteiger partial charge in [-0.25, -0.2) is 9.97 Å². The first-order valence-electron chi connectivity index (χ1n) is 5.48. The Kier molecular flexibility index (Phi) is 3.87. The first kappa shape index (κ1) is 12.1. The highest BCUT2D eigenvalue weighted by molar-refractivity contribution is 5.92. The van der Waals surface area contributed by atoms with Crippen molar-refractivity contribution >= 4 is 11.6 Å². The summed E-state index contributed by atoms with van der Waals surface area (Å²) >= 11 is 0. The van der Waals surface area contributed by atoms with Crippen molar-refractivity contribution in [1.82, 2.24) is 20.3 Å².